The van der Waals surface area contributed by atoms with Crippen molar-refractivity contribution in [1.82, 2.24) is 10.2 Å². The summed E-state index contributed by atoms with van der Waals surface area (Å²) in [4.78, 5) is 15.2. The Morgan fingerprint density at radius 3 is 2.75 bits per heavy atom. The van der Waals surface area contributed by atoms with E-state index in [0.29, 0.717) is 12.5 Å². The van der Waals surface area contributed by atoms with Crippen LogP contribution in [0.2, 0.25) is 0 Å². The van der Waals surface area contributed by atoms with E-state index in [2.05, 4.69) is 19.2 Å². The van der Waals surface area contributed by atoms with Crippen LogP contribution in [0.1, 0.15) is 32.3 Å². The summed E-state index contributed by atoms with van der Waals surface area (Å²) >= 11 is 5.45. The Morgan fingerprint density at radius 2 is 2.10 bits per heavy atom. The second-order valence-electron chi connectivity index (χ2n) is 5.57. The Morgan fingerprint density at radius 1 is 1.40 bits per heavy atom. The summed E-state index contributed by atoms with van der Waals surface area (Å²) in [6.07, 6.45) is 2.46. The van der Waals surface area contributed by atoms with Crippen LogP contribution < -0.4 is 5.32 Å². The van der Waals surface area contributed by atoms with Gasteiger partial charge in [-0.3, -0.25) is 4.79 Å². The molecule has 4 heteroatoms. The first-order chi connectivity index (χ1) is 9.58. The predicted octanol–water partition coefficient (Wildman–Crippen LogP) is 2.55. The molecule has 1 aromatic carbocycles. The van der Waals surface area contributed by atoms with Crippen LogP contribution in [-0.2, 0) is 11.2 Å². The second kappa shape index (κ2) is 6.84. The Hall–Kier alpha value is -1.42. The molecule has 0 aromatic heterocycles. The molecular weight excluding hydrogens is 268 g/mol. The van der Waals surface area contributed by atoms with E-state index in [0.717, 1.165) is 29.9 Å². The molecule has 1 amide bonds. The molecule has 0 spiro atoms. The number of hydrogen-bond donors (Lipinski definition) is 1. The van der Waals surface area contributed by atoms with Crippen LogP contribution >= 0.6 is 12.2 Å². The van der Waals surface area contributed by atoms with E-state index in [1.807, 2.05) is 35.2 Å². The third-order valence-electron chi connectivity index (χ3n) is 3.50. The molecular formula is C16H22N2OS. The van der Waals surface area contributed by atoms with Gasteiger partial charge < -0.3 is 10.2 Å². The zero-order chi connectivity index (χ0) is 14.5. The Balaban J connectivity index is 1.99. The number of rotatable bonds is 4. The Labute approximate surface area is 126 Å². The highest BCUT2D eigenvalue weighted by atomic mass is 32.1. The van der Waals surface area contributed by atoms with Crippen LogP contribution in [0.5, 0.6) is 0 Å². The quantitative estimate of drug-likeness (QED) is 0.865. The lowest BCUT2D eigenvalue weighted by Crippen LogP contribution is -2.47. The number of hydrogen-bond acceptors (Lipinski definition) is 2. The largest absolute Gasteiger partial charge is 0.376 e. The summed E-state index contributed by atoms with van der Waals surface area (Å²) in [5, 5.41) is 3.27. The van der Waals surface area contributed by atoms with Gasteiger partial charge in [0.15, 0.2) is 0 Å². The molecule has 0 unspecified atom stereocenters. The molecule has 1 aliphatic heterocycles. The molecule has 3 nitrogen and oxygen atoms in total. The third kappa shape index (κ3) is 3.79. The van der Waals surface area contributed by atoms with Crippen molar-refractivity contribution in [3.8, 4) is 0 Å². The van der Waals surface area contributed by atoms with E-state index in [9.17, 15) is 4.79 Å². The van der Waals surface area contributed by atoms with Gasteiger partial charge >= 0.3 is 0 Å². The highest BCUT2D eigenvalue weighted by molar-refractivity contribution is 7.80. The summed E-state index contributed by atoms with van der Waals surface area (Å²) in [5.41, 5.74) is 1.06. The van der Waals surface area contributed by atoms with E-state index < -0.39 is 0 Å². The van der Waals surface area contributed by atoms with Crippen LogP contribution in [0.25, 0.3) is 0 Å². The highest BCUT2D eigenvalue weighted by Gasteiger charge is 2.31. The monoisotopic (exact) mass is 290 g/mol. The molecule has 1 aliphatic rings. The van der Waals surface area contributed by atoms with Crippen molar-refractivity contribution in [1.29, 1.82) is 0 Å². The van der Waals surface area contributed by atoms with Crippen LogP contribution in [0.4, 0.5) is 0 Å². The lowest BCUT2D eigenvalue weighted by atomic mass is 10.1. The van der Waals surface area contributed by atoms with E-state index in [-0.39, 0.29) is 11.9 Å². The minimum atomic E-state index is 0.0728. The van der Waals surface area contributed by atoms with Crippen molar-refractivity contribution in [2.24, 2.45) is 0 Å². The minimum Gasteiger partial charge on any atom is -0.376 e. The zero-order valence-electron chi connectivity index (χ0n) is 12.1. The van der Waals surface area contributed by atoms with Gasteiger partial charge in [0, 0.05) is 12.6 Å². The molecule has 0 aliphatic carbocycles. The smallest absolute Gasteiger partial charge is 0.227 e. The Kier molecular flexibility index (Phi) is 5.12. The number of likely N-dealkylation sites (tertiary alicyclic amines) is 1. The molecule has 1 saturated heterocycles. The van der Waals surface area contributed by atoms with Crippen molar-refractivity contribution in [2.45, 2.75) is 45.2 Å². The average molecular weight is 290 g/mol. The SMILES string of the molecule is CC(C)NC(=S)[C@H]1CCCN1C(=O)Cc1ccccc1. The Bertz CT molecular complexity index is 473. The number of amides is 1. The van der Waals surface area contributed by atoms with Crippen LogP contribution in [-0.4, -0.2) is 34.4 Å². The topological polar surface area (TPSA) is 32.3 Å². The van der Waals surface area contributed by atoms with Gasteiger partial charge in [-0.05, 0) is 32.3 Å². The maximum Gasteiger partial charge on any atom is 0.227 e. The first kappa shape index (κ1) is 15.0. The molecule has 1 heterocycles. The van der Waals surface area contributed by atoms with Crippen molar-refractivity contribution >= 4 is 23.1 Å². The van der Waals surface area contributed by atoms with Crippen molar-refractivity contribution in [3.63, 3.8) is 0 Å². The fourth-order valence-electron chi connectivity index (χ4n) is 2.59. The number of benzene rings is 1. The first-order valence-electron chi connectivity index (χ1n) is 7.21. The van der Waals surface area contributed by atoms with Gasteiger partial charge in [0.1, 0.15) is 0 Å². The molecule has 1 aromatic rings. The highest BCUT2D eigenvalue weighted by Crippen LogP contribution is 2.19. The molecule has 20 heavy (non-hydrogen) atoms. The van der Waals surface area contributed by atoms with Crippen LogP contribution in [0.3, 0.4) is 0 Å². The van der Waals surface area contributed by atoms with Gasteiger partial charge in [-0.25, -0.2) is 0 Å². The summed E-state index contributed by atoms with van der Waals surface area (Å²) in [5.74, 6) is 0.173. The van der Waals surface area contributed by atoms with Gasteiger partial charge in [-0.15, -0.1) is 0 Å². The summed E-state index contributed by atoms with van der Waals surface area (Å²) in [6, 6.07) is 10.3. The fourth-order valence-corrected chi connectivity index (χ4v) is 3.07. The lowest BCUT2D eigenvalue weighted by Gasteiger charge is -2.27. The van der Waals surface area contributed by atoms with E-state index in [4.69, 9.17) is 12.2 Å². The standard InChI is InChI=1S/C16H22N2OS/c1-12(2)17-16(20)14-9-6-10-18(14)15(19)11-13-7-4-3-5-8-13/h3-5,7-8,12,14H,6,9-11H2,1-2H3,(H,17,20)/t14-/m1/s1. The van der Waals surface area contributed by atoms with E-state index in [1.54, 1.807) is 0 Å². The van der Waals surface area contributed by atoms with Gasteiger partial charge in [-0.2, -0.15) is 0 Å². The zero-order valence-corrected chi connectivity index (χ0v) is 13.0. The molecule has 0 radical (unpaired) electrons. The molecule has 0 bridgehead atoms. The summed E-state index contributed by atoms with van der Waals surface area (Å²) < 4.78 is 0. The minimum absolute atomic E-state index is 0.0728. The van der Waals surface area contributed by atoms with Crippen molar-refractivity contribution in [3.05, 3.63) is 35.9 Å². The molecule has 1 N–H and O–H groups in total. The number of nitrogens with one attached hydrogen (secondary N) is 1. The summed E-state index contributed by atoms with van der Waals surface area (Å²) in [7, 11) is 0. The fraction of sp³-hybridized carbons (Fsp3) is 0.500. The van der Waals surface area contributed by atoms with Crippen molar-refractivity contribution in [2.75, 3.05) is 6.54 Å². The average Bonchev–Trinajstić information content (AvgIpc) is 2.88. The van der Waals surface area contributed by atoms with Gasteiger partial charge in [0.2, 0.25) is 5.91 Å². The predicted molar refractivity (Wildman–Crippen MR) is 85.8 cm³/mol. The van der Waals surface area contributed by atoms with E-state index >= 15 is 0 Å². The maximum absolute atomic E-state index is 12.5. The molecule has 1 fully saturated rings. The van der Waals surface area contributed by atoms with Gasteiger partial charge in [-0.1, -0.05) is 42.5 Å². The number of thiocarbonyl (C=S) groups is 1. The number of carbonyl (C=O) groups excluding carboxylic acids is 1. The molecule has 2 rings (SSSR count). The van der Waals surface area contributed by atoms with Crippen molar-refractivity contribution < 1.29 is 4.79 Å². The third-order valence-corrected chi connectivity index (χ3v) is 3.89. The molecule has 1 atom stereocenters. The summed E-state index contributed by atoms with van der Waals surface area (Å²) in [6.45, 7) is 4.95. The normalized spacial score (nSPS) is 18.4. The second-order valence-corrected chi connectivity index (χ2v) is 6.01. The lowest BCUT2D eigenvalue weighted by molar-refractivity contribution is -0.130. The maximum atomic E-state index is 12.5. The van der Waals surface area contributed by atoms with Gasteiger partial charge in [0.05, 0.1) is 17.5 Å². The van der Waals surface area contributed by atoms with Crippen LogP contribution in [0, 0.1) is 0 Å². The first-order valence-corrected chi connectivity index (χ1v) is 7.62. The van der Waals surface area contributed by atoms with Gasteiger partial charge in [0.25, 0.3) is 0 Å². The number of nitrogens with zero attached hydrogens (tertiary/aromatic N) is 1. The van der Waals surface area contributed by atoms with E-state index in [1.165, 1.54) is 0 Å². The van der Waals surface area contributed by atoms with Crippen LogP contribution in [0.15, 0.2) is 30.3 Å². The molecule has 0 saturated carbocycles. The number of carbonyl (C=O) groups is 1. The molecule has 108 valence electrons.